The Morgan fingerprint density at radius 2 is 1.95 bits per heavy atom. The molecule has 6 heteroatoms. The highest BCUT2D eigenvalue weighted by Crippen LogP contribution is 2.16. The lowest BCUT2D eigenvalue weighted by Crippen LogP contribution is -2.45. The van der Waals surface area contributed by atoms with Crippen molar-refractivity contribution in [1.29, 1.82) is 0 Å². The van der Waals surface area contributed by atoms with Crippen LogP contribution in [0.1, 0.15) is 25.6 Å². The summed E-state index contributed by atoms with van der Waals surface area (Å²) >= 11 is 6.03. The van der Waals surface area contributed by atoms with Gasteiger partial charge in [0.2, 0.25) is 0 Å². The lowest BCUT2D eigenvalue weighted by Gasteiger charge is -2.32. The predicted octanol–water partition coefficient (Wildman–Crippen LogP) is 1.91. The number of rotatable bonds is 5. The van der Waals surface area contributed by atoms with E-state index in [-0.39, 0.29) is 5.92 Å². The lowest BCUT2D eigenvalue weighted by atomic mass is 10.2. The molecule has 1 aliphatic rings. The molecule has 0 spiro atoms. The molecule has 1 fully saturated rings. The van der Waals surface area contributed by atoms with Crippen molar-refractivity contribution in [2.75, 3.05) is 51.6 Å². The minimum atomic E-state index is 0.284. The van der Waals surface area contributed by atoms with Crippen molar-refractivity contribution in [3.05, 3.63) is 17.0 Å². The number of anilines is 1. The topological polar surface area (TPSA) is 44.3 Å². The Morgan fingerprint density at radius 1 is 1.25 bits per heavy atom. The Bertz CT molecular complexity index is 430. The molecule has 1 aliphatic heterocycles. The van der Waals surface area contributed by atoms with E-state index >= 15 is 0 Å². The fourth-order valence-corrected chi connectivity index (χ4v) is 2.39. The number of halogens is 1. The van der Waals surface area contributed by atoms with E-state index in [1.807, 2.05) is 0 Å². The minimum Gasteiger partial charge on any atom is -0.369 e. The van der Waals surface area contributed by atoms with E-state index < -0.39 is 0 Å². The van der Waals surface area contributed by atoms with Crippen LogP contribution in [0, 0.1) is 0 Å². The van der Waals surface area contributed by atoms with E-state index in [1.165, 1.54) is 0 Å². The first-order valence-electron chi connectivity index (χ1n) is 7.24. The van der Waals surface area contributed by atoms with Crippen molar-refractivity contribution in [1.82, 2.24) is 19.8 Å². The number of hydrogen-bond donors (Lipinski definition) is 1. The van der Waals surface area contributed by atoms with Crippen molar-refractivity contribution in [2.24, 2.45) is 0 Å². The molecule has 1 saturated heterocycles. The van der Waals surface area contributed by atoms with Gasteiger partial charge >= 0.3 is 0 Å². The van der Waals surface area contributed by atoms with Crippen LogP contribution >= 0.6 is 11.6 Å². The summed E-state index contributed by atoms with van der Waals surface area (Å²) < 4.78 is 0. The van der Waals surface area contributed by atoms with Gasteiger partial charge in [0.25, 0.3) is 0 Å². The van der Waals surface area contributed by atoms with Gasteiger partial charge in [-0.2, -0.15) is 0 Å². The van der Waals surface area contributed by atoms with Crippen molar-refractivity contribution in [3.63, 3.8) is 0 Å². The summed E-state index contributed by atoms with van der Waals surface area (Å²) in [6, 6.07) is 1.79. The number of likely N-dealkylation sites (N-methyl/N-ethyl adjacent to an activating group) is 1. The third-order valence-corrected chi connectivity index (χ3v) is 3.75. The number of aromatic nitrogens is 2. The van der Waals surface area contributed by atoms with Crippen molar-refractivity contribution < 1.29 is 0 Å². The number of nitrogens with zero attached hydrogens (tertiary/aromatic N) is 4. The first kappa shape index (κ1) is 15.5. The van der Waals surface area contributed by atoms with Gasteiger partial charge in [-0.25, -0.2) is 9.97 Å². The number of piperazine rings is 1. The monoisotopic (exact) mass is 297 g/mol. The summed E-state index contributed by atoms with van der Waals surface area (Å²) in [6.07, 6.45) is 0. The molecular weight excluding hydrogens is 274 g/mol. The fourth-order valence-electron chi connectivity index (χ4n) is 2.20. The summed E-state index contributed by atoms with van der Waals surface area (Å²) in [5, 5.41) is 3.85. The van der Waals surface area contributed by atoms with Crippen LogP contribution in [-0.4, -0.2) is 66.1 Å². The quantitative estimate of drug-likeness (QED) is 0.841. The van der Waals surface area contributed by atoms with Crippen LogP contribution in [0.25, 0.3) is 0 Å². The van der Waals surface area contributed by atoms with Gasteiger partial charge < -0.3 is 10.2 Å². The van der Waals surface area contributed by atoms with Gasteiger partial charge in [-0.3, -0.25) is 4.90 Å². The fraction of sp³-hybridized carbons (Fsp3) is 0.714. The predicted molar refractivity (Wildman–Crippen MR) is 83.6 cm³/mol. The first-order valence-corrected chi connectivity index (χ1v) is 7.61. The zero-order chi connectivity index (χ0) is 14.5. The van der Waals surface area contributed by atoms with E-state index in [2.05, 4.69) is 46.0 Å². The molecule has 0 bridgehead atoms. The molecule has 1 aromatic heterocycles. The Labute approximate surface area is 126 Å². The van der Waals surface area contributed by atoms with Gasteiger partial charge in [-0.05, 0) is 7.05 Å². The van der Waals surface area contributed by atoms with Crippen LogP contribution in [-0.2, 0) is 0 Å². The minimum absolute atomic E-state index is 0.284. The summed E-state index contributed by atoms with van der Waals surface area (Å²) in [5.74, 6) is 1.90. The molecule has 0 unspecified atom stereocenters. The average Bonchev–Trinajstić information content (AvgIpc) is 2.40. The Hall–Kier alpha value is -0.910. The van der Waals surface area contributed by atoms with Crippen LogP contribution in [0.3, 0.4) is 0 Å². The maximum Gasteiger partial charge on any atom is 0.135 e. The lowest BCUT2D eigenvalue weighted by molar-refractivity contribution is 0.158. The first-order chi connectivity index (χ1) is 9.54. The van der Waals surface area contributed by atoms with Crippen molar-refractivity contribution in [2.45, 2.75) is 19.8 Å². The van der Waals surface area contributed by atoms with Gasteiger partial charge in [0, 0.05) is 51.3 Å². The smallest absolute Gasteiger partial charge is 0.135 e. The van der Waals surface area contributed by atoms with Gasteiger partial charge in [0.05, 0.1) is 0 Å². The highest BCUT2D eigenvalue weighted by Gasteiger charge is 2.13. The zero-order valence-electron chi connectivity index (χ0n) is 12.6. The number of hydrogen-bond acceptors (Lipinski definition) is 5. The van der Waals surface area contributed by atoms with Crippen molar-refractivity contribution in [3.8, 4) is 0 Å². The molecule has 0 amide bonds. The number of nitrogens with one attached hydrogen (secondary N) is 1. The maximum absolute atomic E-state index is 6.03. The zero-order valence-corrected chi connectivity index (χ0v) is 13.3. The van der Waals surface area contributed by atoms with Crippen LogP contribution in [0.4, 0.5) is 5.82 Å². The molecule has 5 nitrogen and oxygen atoms in total. The van der Waals surface area contributed by atoms with Gasteiger partial charge in [-0.15, -0.1) is 0 Å². The van der Waals surface area contributed by atoms with E-state index in [1.54, 1.807) is 6.07 Å². The molecule has 2 rings (SSSR count). The Balaban J connectivity index is 1.82. The highest BCUT2D eigenvalue weighted by molar-refractivity contribution is 6.29. The van der Waals surface area contributed by atoms with E-state index in [0.717, 1.165) is 50.9 Å². The summed E-state index contributed by atoms with van der Waals surface area (Å²) in [5.41, 5.74) is 0. The van der Waals surface area contributed by atoms with E-state index in [0.29, 0.717) is 5.15 Å². The Kier molecular flexibility index (Phi) is 5.57. The molecule has 1 aromatic rings. The molecule has 0 saturated carbocycles. The van der Waals surface area contributed by atoms with Gasteiger partial charge in [0.15, 0.2) is 0 Å². The van der Waals surface area contributed by atoms with E-state index in [9.17, 15) is 0 Å². The highest BCUT2D eigenvalue weighted by atomic mass is 35.5. The maximum atomic E-state index is 6.03. The largest absolute Gasteiger partial charge is 0.369 e. The molecule has 0 aliphatic carbocycles. The third-order valence-electron chi connectivity index (χ3n) is 3.56. The average molecular weight is 298 g/mol. The second-order valence-corrected chi connectivity index (χ2v) is 6.05. The molecule has 0 atom stereocenters. The second-order valence-electron chi connectivity index (χ2n) is 5.66. The van der Waals surface area contributed by atoms with Crippen molar-refractivity contribution >= 4 is 17.4 Å². The summed E-state index contributed by atoms with van der Waals surface area (Å²) in [6.45, 7) is 10.6. The SMILES string of the molecule is CC(C)c1nc(Cl)cc(NCCN2CCN(C)CC2)n1. The third kappa shape index (κ3) is 4.58. The standard InChI is InChI=1S/C14H24ClN5/c1-11(2)14-17-12(15)10-13(18-14)16-4-5-20-8-6-19(3)7-9-20/h10-11H,4-9H2,1-3H3,(H,16,17,18). The summed E-state index contributed by atoms with van der Waals surface area (Å²) in [7, 11) is 2.17. The molecule has 0 aromatic carbocycles. The normalized spacial score (nSPS) is 17.6. The molecule has 0 radical (unpaired) electrons. The molecule has 2 heterocycles. The van der Waals surface area contributed by atoms with Gasteiger partial charge in [0.1, 0.15) is 16.8 Å². The van der Waals surface area contributed by atoms with E-state index in [4.69, 9.17) is 11.6 Å². The molecule has 1 N–H and O–H groups in total. The van der Waals surface area contributed by atoms with Crippen LogP contribution in [0.5, 0.6) is 0 Å². The molecule has 20 heavy (non-hydrogen) atoms. The second kappa shape index (κ2) is 7.20. The van der Waals surface area contributed by atoms with Crippen LogP contribution in [0.2, 0.25) is 5.15 Å². The molecular formula is C14H24ClN5. The van der Waals surface area contributed by atoms with Crippen LogP contribution in [0.15, 0.2) is 6.07 Å². The Morgan fingerprint density at radius 3 is 2.60 bits per heavy atom. The summed E-state index contributed by atoms with van der Waals surface area (Å²) in [4.78, 5) is 13.6. The molecule has 112 valence electrons. The van der Waals surface area contributed by atoms with Crippen LogP contribution < -0.4 is 5.32 Å². The van der Waals surface area contributed by atoms with Gasteiger partial charge in [-0.1, -0.05) is 25.4 Å².